The van der Waals surface area contributed by atoms with Gasteiger partial charge in [0.1, 0.15) is 0 Å². The third kappa shape index (κ3) is 4.34. The van der Waals surface area contributed by atoms with E-state index in [4.69, 9.17) is 5.11 Å². The summed E-state index contributed by atoms with van der Waals surface area (Å²) in [5, 5.41) is 12.6. The van der Waals surface area contributed by atoms with E-state index in [1.807, 2.05) is 31.3 Å². The van der Waals surface area contributed by atoms with Crippen molar-refractivity contribution in [2.45, 2.75) is 26.2 Å². The minimum Gasteiger partial charge on any atom is -0.481 e. The second-order valence-electron chi connectivity index (χ2n) is 5.36. The summed E-state index contributed by atoms with van der Waals surface area (Å²) in [7, 11) is 0. The second-order valence-corrected chi connectivity index (χ2v) is 5.36. The monoisotopic (exact) mass is 288 g/mol. The fourth-order valence-corrected chi connectivity index (χ4v) is 2.24. The smallest absolute Gasteiger partial charge is 0.303 e. The number of carbonyl (C=O) groups is 2. The van der Waals surface area contributed by atoms with Gasteiger partial charge in [-0.05, 0) is 42.3 Å². The molecule has 1 amide bonds. The molecule has 0 bridgehead atoms. The van der Waals surface area contributed by atoms with Crippen molar-refractivity contribution in [3.8, 4) is 0 Å². The van der Waals surface area contributed by atoms with E-state index in [1.54, 1.807) is 6.07 Å². The van der Waals surface area contributed by atoms with Crippen LogP contribution in [-0.4, -0.2) is 28.5 Å². The number of amides is 1. The molecule has 1 atom stereocenters. The number of H-pyrrole nitrogens is 1. The molecule has 5 heteroatoms. The molecule has 0 aliphatic heterocycles. The topological polar surface area (TPSA) is 82.2 Å². The van der Waals surface area contributed by atoms with Gasteiger partial charge in [-0.3, -0.25) is 9.59 Å². The summed E-state index contributed by atoms with van der Waals surface area (Å²) in [6.45, 7) is 2.56. The molecule has 2 rings (SSSR count). The number of carboxylic acids is 1. The maximum absolute atomic E-state index is 12.0. The number of carbonyl (C=O) groups excluding carboxylic acids is 1. The zero-order valence-electron chi connectivity index (χ0n) is 12.1. The molecule has 1 heterocycles. The molecule has 5 nitrogen and oxygen atoms in total. The number of carboxylic acid groups (broad SMARTS) is 1. The normalized spacial score (nSPS) is 12.2. The summed E-state index contributed by atoms with van der Waals surface area (Å²) in [5.41, 5.74) is 1.57. The van der Waals surface area contributed by atoms with E-state index in [-0.39, 0.29) is 18.2 Å². The molecule has 1 aromatic heterocycles. The quantitative estimate of drug-likeness (QED) is 0.732. The molecular formula is C16H20N2O3. The molecule has 0 saturated heterocycles. The van der Waals surface area contributed by atoms with Gasteiger partial charge in [0.05, 0.1) is 0 Å². The Bertz CT molecular complexity index is 633. The van der Waals surface area contributed by atoms with Crippen molar-refractivity contribution in [3.05, 3.63) is 36.0 Å². The lowest BCUT2D eigenvalue weighted by atomic mass is 10.0. The first-order valence-electron chi connectivity index (χ1n) is 7.13. The lowest BCUT2D eigenvalue weighted by molar-refractivity contribution is -0.137. The lowest BCUT2D eigenvalue weighted by Gasteiger charge is -2.11. The minimum atomic E-state index is -0.773. The molecule has 0 radical (unpaired) electrons. The van der Waals surface area contributed by atoms with E-state index >= 15 is 0 Å². The Kier molecular flexibility index (Phi) is 4.98. The van der Waals surface area contributed by atoms with Gasteiger partial charge in [-0.2, -0.15) is 0 Å². The Morgan fingerprint density at radius 1 is 1.29 bits per heavy atom. The zero-order chi connectivity index (χ0) is 15.2. The van der Waals surface area contributed by atoms with Crippen LogP contribution in [0, 0.1) is 5.92 Å². The van der Waals surface area contributed by atoms with Crippen molar-refractivity contribution >= 4 is 22.8 Å². The molecular weight excluding hydrogens is 268 g/mol. The molecule has 0 saturated carbocycles. The largest absolute Gasteiger partial charge is 0.481 e. The first-order chi connectivity index (χ1) is 10.1. The van der Waals surface area contributed by atoms with E-state index < -0.39 is 5.97 Å². The van der Waals surface area contributed by atoms with Crippen molar-refractivity contribution in [1.82, 2.24) is 10.3 Å². The van der Waals surface area contributed by atoms with E-state index in [1.165, 1.54) is 0 Å². The Hall–Kier alpha value is -2.30. The highest BCUT2D eigenvalue weighted by molar-refractivity contribution is 5.97. The SMILES string of the molecule is CC(CCNC(=O)c1ccc2cc[nH]c2c1)CCC(=O)O. The molecule has 0 fully saturated rings. The summed E-state index contributed by atoms with van der Waals surface area (Å²) in [6, 6.07) is 7.51. The number of aromatic nitrogens is 1. The van der Waals surface area contributed by atoms with E-state index in [9.17, 15) is 9.59 Å². The van der Waals surface area contributed by atoms with E-state index in [2.05, 4.69) is 10.3 Å². The first kappa shape index (κ1) is 15.1. The summed E-state index contributed by atoms with van der Waals surface area (Å²) in [6.07, 6.45) is 3.44. The highest BCUT2D eigenvalue weighted by atomic mass is 16.4. The fraction of sp³-hybridized carbons (Fsp3) is 0.375. The summed E-state index contributed by atoms with van der Waals surface area (Å²) >= 11 is 0. The predicted octanol–water partition coefficient (Wildman–Crippen LogP) is 2.79. The van der Waals surface area contributed by atoms with Gasteiger partial charge in [0.25, 0.3) is 5.91 Å². The Morgan fingerprint density at radius 3 is 2.86 bits per heavy atom. The van der Waals surface area contributed by atoms with Gasteiger partial charge in [-0.25, -0.2) is 0 Å². The third-order valence-electron chi connectivity index (χ3n) is 3.59. The standard InChI is InChI=1S/C16H20N2O3/c1-11(2-5-15(19)20)6-8-18-16(21)13-4-3-12-7-9-17-14(12)10-13/h3-4,7,9-11,17H,2,5-6,8H2,1H3,(H,18,21)(H,19,20). The number of nitrogens with one attached hydrogen (secondary N) is 2. The molecule has 2 aromatic rings. The van der Waals surface area contributed by atoms with Crippen molar-refractivity contribution in [2.75, 3.05) is 6.54 Å². The Labute approximate surface area is 123 Å². The van der Waals surface area contributed by atoms with E-state index in [0.29, 0.717) is 18.5 Å². The van der Waals surface area contributed by atoms with Crippen molar-refractivity contribution in [2.24, 2.45) is 5.92 Å². The van der Waals surface area contributed by atoms with Crippen molar-refractivity contribution in [3.63, 3.8) is 0 Å². The maximum atomic E-state index is 12.0. The summed E-state index contributed by atoms with van der Waals surface area (Å²) in [4.78, 5) is 25.6. The van der Waals surface area contributed by atoms with Gasteiger partial charge in [-0.1, -0.05) is 13.0 Å². The molecule has 0 aliphatic carbocycles. The maximum Gasteiger partial charge on any atom is 0.303 e. The predicted molar refractivity (Wildman–Crippen MR) is 81.3 cm³/mol. The number of rotatable bonds is 7. The number of aromatic amines is 1. The lowest BCUT2D eigenvalue weighted by Crippen LogP contribution is -2.25. The van der Waals surface area contributed by atoms with Crippen LogP contribution in [0.2, 0.25) is 0 Å². The van der Waals surface area contributed by atoms with E-state index in [0.717, 1.165) is 17.3 Å². The highest BCUT2D eigenvalue weighted by Crippen LogP contribution is 2.14. The number of hydrogen-bond acceptors (Lipinski definition) is 2. The molecule has 3 N–H and O–H groups in total. The van der Waals surface area contributed by atoms with Crippen LogP contribution in [0.3, 0.4) is 0 Å². The van der Waals surface area contributed by atoms with Gasteiger partial charge < -0.3 is 15.4 Å². The minimum absolute atomic E-state index is 0.100. The van der Waals surface area contributed by atoms with Crippen LogP contribution >= 0.6 is 0 Å². The molecule has 112 valence electrons. The Morgan fingerprint density at radius 2 is 2.10 bits per heavy atom. The van der Waals surface area contributed by atoms with Crippen LogP contribution in [0.5, 0.6) is 0 Å². The van der Waals surface area contributed by atoms with Crippen LogP contribution < -0.4 is 5.32 Å². The average Bonchev–Trinajstić information content (AvgIpc) is 2.92. The molecule has 21 heavy (non-hydrogen) atoms. The number of aliphatic carboxylic acids is 1. The molecule has 0 spiro atoms. The number of fused-ring (bicyclic) bond motifs is 1. The zero-order valence-corrected chi connectivity index (χ0v) is 12.1. The Balaban J connectivity index is 1.80. The third-order valence-corrected chi connectivity index (χ3v) is 3.59. The van der Waals surface area contributed by atoms with Crippen LogP contribution in [0.1, 0.15) is 36.5 Å². The fourth-order valence-electron chi connectivity index (χ4n) is 2.24. The average molecular weight is 288 g/mol. The van der Waals surface area contributed by atoms with Gasteiger partial charge in [-0.15, -0.1) is 0 Å². The van der Waals surface area contributed by atoms with Gasteiger partial charge in [0, 0.05) is 30.2 Å². The second kappa shape index (κ2) is 6.92. The number of benzene rings is 1. The first-order valence-corrected chi connectivity index (χ1v) is 7.13. The van der Waals surface area contributed by atoms with Crippen LogP contribution in [0.25, 0.3) is 10.9 Å². The van der Waals surface area contributed by atoms with Crippen LogP contribution in [-0.2, 0) is 4.79 Å². The summed E-state index contributed by atoms with van der Waals surface area (Å²) in [5.74, 6) is -0.589. The molecule has 0 aliphatic rings. The molecule has 1 aromatic carbocycles. The van der Waals surface area contributed by atoms with Crippen molar-refractivity contribution in [1.29, 1.82) is 0 Å². The van der Waals surface area contributed by atoms with Crippen molar-refractivity contribution < 1.29 is 14.7 Å². The van der Waals surface area contributed by atoms with Crippen LogP contribution in [0.15, 0.2) is 30.5 Å². The summed E-state index contributed by atoms with van der Waals surface area (Å²) < 4.78 is 0. The van der Waals surface area contributed by atoms with Gasteiger partial charge in [0.2, 0.25) is 0 Å². The highest BCUT2D eigenvalue weighted by Gasteiger charge is 2.09. The van der Waals surface area contributed by atoms with Gasteiger partial charge >= 0.3 is 5.97 Å². The van der Waals surface area contributed by atoms with Crippen LogP contribution in [0.4, 0.5) is 0 Å². The number of hydrogen-bond donors (Lipinski definition) is 3. The van der Waals surface area contributed by atoms with Gasteiger partial charge in [0.15, 0.2) is 0 Å². The molecule has 1 unspecified atom stereocenters.